The Balaban J connectivity index is 0.00000400. The van der Waals surface area contributed by atoms with Crippen molar-refractivity contribution in [1.82, 2.24) is 4.90 Å². The summed E-state index contributed by atoms with van der Waals surface area (Å²) in [5, 5.41) is 0. The molecular formula is C14H29ClN2O4. The van der Waals surface area contributed by atoms with E-state index in [2.05, 4.69) is 0 Å². The number of amides is 1. The number of carbonyl (C=O) groups is 1. The van der Waals surface area contributed by atoms with E-state index in [4.69, 9.17) is 19.9 Å². The van der Waals surface area contributed by atoms with Crippen LogP contribution in [0.5, 0.6) is 0 Å². The maximum Gasteiger partial charge on any atom is 0.239 e. The molecule has 2 N–H and O–H groups in total. The van der Waals surface area contributed by atoms with Gasteiger partial charge in [-0.3, -0.25) is 4.79 Å². The molecule has 0 aromatic rings. The van der Waals surface area contributed by atoms with E-state index < -0.39 is 6.04 Å². The molecule has 0 saturated carbocycles. The molecule has 0 aromatic carbocycles. The molecule has 0 aromatic heterocycles. The summed E-state index contributed by atoms with van der Waals surface area (Å²) in [5.74, 6) is 0.244. The number of hydrogen-bond donors (Lipinski definition) is 1. The number of carbonyl (C=O) groups excluding carboxylic acids is 1. The van der Waals surface area contributed by atoms with E-state index in [9.17, 15) is 4.79 Å². The second kappa shape index (κ2) is 12.2. The van der Waals surface area contributed by atoms with E-state index in [0.29, 0.717) is 39.5 Å². The standard InChI is InChI=1S/C14H28N2O4.ClH/c1-18-8-3-6-16(7-11-19-2)14(17)13(15)12-4-9-20-10-5-12;/h12-13H,3-11,15H2,1-2H3;1H. The molecule has 0 radical (unpaired) electrons. The average molecular weight is 325 g/mol. The Labute approximate surface area is 133 Å². The first-order valence-electron chi connectivity index (χ1n) is 7.30. The van der Waals surface area contributed by atoms with Crippen LogP contribution in [0.4, 0.5) is 0 Å². The summed E-state index contributed by atoms with van der Waals surface area (Å²) in [6.45, 7) is 3.81. The van der Waals surface area contributed by atoms with Crippen molar-refractivity contribution in [3.63, 3.8) is 0 Å². The zero-order chi connectivity index (χ0) is 14.8. The third-order valence-corrected chi connectivity index (χ3v) is 3.71. The average Bonchev–Trinajstić information content (AvgIpc) is 2.50. The van der Waals surface area contributed by atoms with Gasteiger partial charge in [0.15, 0.2) is 0 Å². The normalized spacial score (nSPS) is 17.1. The van der Waals surface area contributed by atoms with Gasteiger partial charge in [-0.2, -0.15) is 0 Å². The molecule has 7 heteroatoms. The number of rotatable bonds is 9. The van der Waals surface area contributed by atoms with Crippen LogP contribution >= 0.6 is 12.4 Å². The number of nitrogens with zero attached hydrogens (tertiary/aromatic N) is 1. The lowest BCUT2D eigenvalue weighted by Gasteiger charge is -2.31. The summed E-state index contributed by atoms with van der Waals surface area (Å²) in [7, 11) is 3.30. The van der Waals surface area contributed by atoms with Crippen molar-refractivity contribution < 1.29 is 19.0 Å². The lowest BCUT2D eigenvalue weighted by atomic mass is 9.91. The van der Waals surface area contributed by atoms with Gasteiger partial charge in [0.1, 0.15) is 0 Å². The van der Waals surface area contributed by atoms with Gasteiger partial charge in [0, 0.05) is 47.1 Å². The van der Waals surface area contributed by atoms with Crippen LogP contribution in [0.15, 0.2) is 0 Å². The Morgan fingerprint density at radius 2 is 1.86 bits per heavy atom. The molecule has 1 aliphatic rings. The molecule has 1 saturated heterocycles. The predicted molar refractivity (Wildman–Crippen MR) is 83.7 cm³/mol. The molecule has 0 bridgehead atoms. The quantitative estimate of drug-likeness (QED) is 0.631. The fraction of sp³-hybridized carbons (Fsp3) is 0.929. The van der Waals surface area contributed by atoms with E-state index >= 15 is 0 Å². The molecule has 1 atom stereocenters. The monoisotopic (exact) mass is 324 g/mol. The van der Waals surface area contributed by atoms with Crippen LogP contribution in [0.1, 0.15) is 19.3 Å². The third-order valence-electron chi connectivity index (χ3n) is 3.71. The Morgan fingerprint density at radius 3 is 2.43 bits per heavy atom. The number of halogens is 1. The summed E-state index contributed by atoms with van der Waals surface area (Å²) >= 11 is 0. The van der Waals surface area contributed by atoms with E-state index in [1.165, 1.54) is 0 Å². The predicted octanol–water partition coefficient (Wildman–Crippen LogP) is 0.674. The van der Waals surface area contributed by atoms with Crippen LogP contribution in [0.25, 0.3) is 0 Å². The minimum atomic E-state index is -0.432. The summed E-state index contributed by atoms with van der Waals surface area (Å²) in [6.07, 6.45) is 2.54. The van der Waals surface area contributed by atoms with Crippen molar-refractivity contribution in [3.05, 3.63) is 0 Å². The molecule has 1 fully saturated rings. The first-order valence-corrected chi connectivity index (χ1v) is 7.30. The summed E-state index contributed by atoms with van der Waals surface area (Å²) in [6, 6.07) is -0.432. The highest BCUT2D eigenvalue weighted by molar-refractivity contribution is 5.85. The summed E-state index contributed by atoms with van der Waals surface area (Å²) in [4.78, 5) is 14.3. The van der Waals surface area contributed by atoms with Gasteiger partial charge in [-0.1, -0.05) is 0 Å². The molecule has 1 rings (SSSR count). The third kappa shape index (κ3) is 7.42. The molecule has 0 aliphatic carbocycles. The van der Waals surface area contributed by atoms with Gasteiger partial charge >= 0.3 is 0 Å². The van der Waals surface area contributed by atoms with Crippen LogP contribution in [-0.4, -0.2) is 70.6 Å². The zero-order valence-electron chi connectivity index (χ0n) is 13.1. The Hall–Kier alpha value is -0.400. The molecule has 126 valence electrons. The van der Waals surface area contributed by atoms with Crippen LogP contribution in [0, 0.1) is 5.92 Å². The van der Waals surface area contributed by atoms with Gasteiger partial charge in [-0.25, -0.2) is 0 Å². The summed E-state index contributed by atoms with van der Waals surface area (Å²) in [5.41, 5.74) is 6.15. The molecule has 0 spiro atoms. The number of ether oxygens (including phenoxy) is 3. The van der Waals surface area contributed by atoms with Crippen LogP contribution in [-0.2, 0) is 19.0 Å². The van der Waals surface area contributed by atoms with E-state index in [0.717, 1.165) is 19.3 Å². The maximum absolute atomic E-state index is 12.5. The topological polar surface area (TPSA) is 74.0 Å². The number of nitrogens with two attached hydrogens (primary N) is 1. The second-order valence-corrected chi connectivity index (χ2v) is 5.14. The highest BCUT2D eigenvalue weighted by Crippen LogP contribution is 2.19. The van der Waals surface area contributed by atoms with Gasteiger partial charge in [0.2, 0.25) is 5.91 Å². The van der Waals surface area contributed by atoms with Crippen molar-refractivity contribution in [1.29, 1.82) is 0 Å². The van der Waals surface area contributed by atoms with E-state index in [-0.39, 0.29) is 24.2 Å². The molecular weight excluding hydrogens is 296 g/mol. The van der Waals surface area contributed by atoms with Gasteiger partial charge < -0.3 is 24.8 Å². The Bertz CT molecular complexity index is 276. The molecule has 1 amide bonds. The zero-order valence-corrected chi connectivity index (χ0v) is 13.9. The van der Waals surface area contributed by atoms with Crippen molar-refractivity contribution in [2.24, 2.45) is 11.7 Å². The smallest absolute Gasteiger partial charge is 0.239 e. The minimum absolute atomic E-state index is 0. The lowest BCUT2D eigenvalue weighted by Crippen LogP contribution is -2.50. The second-order valence-electron chi connectivity index (χ2n) is 5.14. The number of hydrogen-bond acceptors (Lipinski definition) is 5. The highest BCUT2D eigenvalue weighted by atomic mass is 35.5. The molecule has 1 aliphatic heterocycles. The van der Waals surface area contributed by atoms with Gasteiger partial charge in [-0.15, -0.1) is 12.4 Å². The van der Waals surface area contributed by atoms with Gasteiger partial charge in [0.25, 0.3) is 0 Å². The first-order chi connectivity index (χ1) is 9.70. The first kappa shape index (κ1) is 20.6. The van der Waals surface area contributed by atoms with E-state index in [1.54, 1.807) is 19.1 Å². The largest absolute Gasteiger partial charge is 0.385 e. The number of methoxy groups -OCH3 is 2. The molecule has 6 nitrogen and oxygen atoms in total. The van der Waals surface area contributed by atoms with E-state index in [1.807, 2.05) is 0 Å². The molecule has 1 unspecified atom stereocenters. The minimum Gasteiger partial charge on any atom is -0.385 e. The maximum atomic E-state index is 12.5. The summed E-state index contributed by atoms with van der Waals surface area (Å²) < 4.78 is 15.4. The van der Waals surface area contributed by atoms with Gasteiger partial charge in [-0.05, 0) is 25.2 Å². The fourth-order valence-corrected chi connectivity index (χ4v) is 2.42. The Kier molecular flexibility index (Phi) is 11.9. The molecule has 1 heterocycles. The van der Waals surface area contributed by atoms with Crippen LogP contribution in [0.3, 0.4) is 0 Å². The van der Waals surface area contributed by atoms with Crippen LogP contribution < -0.4 is 5.73 Å². The van der Waals surface area contributed by atoms with Crippen molar-refractivity contribution in [2.75, 3.05) is 53.7 Å². The van der Waals surface area contributed by atoms with Crippen LogP contribution in [0.2, 0.25) is 0 Å². The molecule has 21 heavy (non-hydrogen) atoms. The highest BCUT2D eigenvalue weighted by Gasteiger charge is 2.29. The SMILES string of the molecule is COCCCN(CCOC)C(=O)C(N)C1CCOCC1.Cl. The van der Waals surface area contributed by atoms with Crippen molar-refractivity contribution in [3.8, 4) is 0 Å². The lowest BCUT2D eigenvalue weighted by molar-refractivity contribution is -0.135. The fourth-order valence-electron chi connectivity index (χ4n) is 2.42. The Morgan fingerprint density at radius 1 is 1.24 bits per heavy atom. The van der Waals surface area contributed by atoms with Crippen molar-refractivity contribution >= 4 is 18.3 Å². The van der Waals surface area contributed by atoms with Gasteiger partial charge in [0.05, 0.1) is 12.6 Å². The van der Waals surface area contributed by atoms with Crippen molar-refractivity contribution in [2.45, 2.75) is 25.3 Å².